The molecule has 0 spiro atoms. The van der Waals surface area contributed by atoms with Crippen molar-refractivity contribution in [2.24, 2.45) is 0 Å². The number of halogens is 1. The lowest BCUT2D eigenvalue weighted by molar-refractivity contribution is 0.318. The van der Waals surface area contributed by atoms with E-state index < -0.39 is 0 Å². The van der Waals surface area contributed by atoms with E-state index in [1.54, 1.807) is 25.3 Å². The molecule has 1 N–H and O–H groups in total. The van der Waals surface area contributed by atoms with Gasteiger partial charge in [0.05, 0.1) is 7.11 Å². The maximum Gasteiger partial charge on any atom is 0.118 e. The number of benzene rings is 2. The zero-order valence-corrected chi connectivity index (χ0v) is 12.4. The predicted octanol–water partition coefficient (Wildman–Crippen LogP) is 3.69. The van der Waals surface area contributed by atoms with E-state index in [-0.39, 0.29) is 5.75 Å². The zero-order valence-electron chi connectivity index (χ0n) is 11.6. The summed E-state index contributed by atoms with van der Waals surface area (Å²) in [7, 11) is 3.68. The van der Waals surface area contributed by atoms with Crippen molar-refractivity contribution in [1.29, 1.82) is 0 Å². The van der Waals surface area contributed by atoms with Gasteiger partial charge in [-0.3, -0.25) is 4.90 Å². The molecule has 0 aliphatic heterocycles. The fourth-order valence-corrected chi connectivity index (χ4v) is 2.25. The van der Waals surface area contributed by atoms with Gasteiger partial charge in [0.15, 0.2) is 0 Å². The third-order valence-corrected chi connectivity index (χ3v) is 3.45. The number of ether oxygens (including phenoxy) is 1. The summed E-state index contributed by atoms with van der Waals surface area (Å²) < 4.78 is 5.14. The molecule has 0 saturated carbocycles. The normalized spacial score (nSPS) is 10.8. The number of methoxy groups -OCH3 is 1. The Morgan fingerprint density at radius 1 is 1.10 bits per heavy atom. The van der Waals surface area contributed by atoms with Gasteiger partial charge < -0.3 is 9.84 Å². The highest BCUT2D eigenvalue weighted by Gasteiger charge is 2.06. The van der Waals surface area contributed by atoms with Crippen LogP contribution in [0.2, 0.25) is 5.02 Å². The van der Waals surface area contributed by atoms with Gasteiger partial charge in [0.2, 0.25) is 0 Å². The van der Waals surface area contributed by atoms with Gasteiger partial charge in [-0.2, -0.15) is 0 Å². The van der Waals surface area contributed by atoms with E-state index in [9.17, 15) is 5.11 Å². The molecular formula is C16H18ClNO2. The van der Waals surface area contributed by atoms with E-state index >= 15 is 0 Å². The van der Waals surface area contributed by atoms with Crippen molar-refractivity contribution in [3.05, 3.63) is 58.6 Å². The molecule has 2 rings (SSSR count). The topological polar surface area (TPSA) is 32.7 Å². The second kappa shape index (κ2) is 6.64. The highest BCUT2D eigenvalue weighted by atomic mass is 35.5. The first kappa shape index (κ1) is 14.7. The minimum atomic E-state index is 0.238. The molecule has 0 fully saturated rings. The van der Waals surface area contributed by atoms with Crippen LogP contribution in [0.15, 0.2) is 42.5 Å². The van der Waals surface area contributed by atoms with Crippen molar-refractivity contribution in [3.63, 3.8) is 0 Å². The molecule has 0 aromatic heterocycles. The van der Waals surface area contributed by atoms with Crippen LogP contribution >= 0.6 is 11.6 Å². The molecule has 0 saturated heterocycles. The van der Waals surface area contributed by atoms with Gasteiger partial charge in [0, 0.05) is 18.1 Å². The molecule has 0 heterocycles. The monoisotopic (exact) mass is 291 g/mol. The molecule has 3 nitrogen and oxygen atoms in total. The van der Waals surface area contributed by atoms with Gasteiger partial charge in [-0.25, -0.2) is 0 Å². The maximum atomic E-state index is 9.51. The van der Waals surface area contributed by atoms with Gasteiger partial charge in [-0.05, 0) is 48.5 Å². The van der Waals surface area contributed by atoms with E-state index in [2.05, 4.69) is 4.90 Å². The Kier molecular flexibility index (Phi) is 4.88. The molecule has 0 radical (unpaired) electrons. The number of hydrogen-bond acceptors (Lipinski definition) is 3. The number of phenolic OH excluding ortho intramolecular Hbond substituents is 1. The average Bonchev–Trinajstić information content (AvgIpc) is 2.43. The molecule has 0 aliphatic carbocycles. The summed E-state index contributed by atoms with van der Waals surface area (Å²) in [6.07, 6.45) is 0. The summed E-state index contributed by atoms with van der Waals surface area (Å²) in [4.78, 5) is 2.14. The van der Waals surface area contributed by atoms with Crippen LogP contribution in [-0.2, 0) is 13.1 Å². The summed E-state index contributed by atoms with van der Waals surface area (Å²) >= 11 is 6.13. The second-order valence-corrected chi connectivity index (χ2v) is 5.20. The third kappa shape index (κ3) is 3.89. The van der Waals surface area contributed by atoms with Crippen LogP contribution in [0.3, 0.4) is 0 Å². The standard InChI is InChI=1S/C16H18ClNO2/c1-18(10-12-3-6-15(20-2)7-4-12)11-13-9-14(19)5-8-16(13)17/h3-9,19H,10-11H2,1-2H3. The quantitative estimate of drug-likeness (QED) is 0.912. The molecule has 2 aromatic carbocycles. The van der Waals surface area contributed by atoms with Gasteiger partial charge in [-0.1, -0.05) is 23.7 Å². The predicted molar refractivity (Wildman–Crippen MR) is 81.3 cm³/mol. The molecular weight excluding hydrogens is 274 g/mol. The lowest BCUT2D eigenvalue weighted by Crippen LogP contribution is -2.17. The first-order chi connectivity index (χ1) is 9.58. The summed E-state index contributed by atoms with van der Waals surface area (Å²) in [6, 6.07) is 13.0. The Balaban J connectivity index is 2.00. The summed E-state index contributed by atoms with van der Waals surface area (Å²) in [6.45, 7) is 1.48. The van der Waals surface area contributed by atoms with Crippen LogP contribution in [0, 0.1) is 0 Å². The Hall–Kier alpha value is -1.71. The van der Waals surface area contributed by atoms with Crippen molar-refractivity contribution in [3.8, 4) is 11.5 Å². The minimum Gasteiger partial charge on any atom is -0.508 e. The van der Waals surface area contributed by atoms with E-state index in [0.717, 1.165) is 17.9 Å². The van der Waals surface area contributed by atoms with Crippen LogP contribution in [0.4, 0.5) is 0 Å². The van der Waals surface area contributed by atoms with Crippen molar-refractivity contribution in [1.82, 2.24) is 4.90 Å². The van der Waals surface area contributed by atoms with Crippen molar-refractivity contribution in [2.75, 3.05) is 14.2 Å². The number of aromatic hydroxyl groups is 1. The Labute approximate surface area is 124 Å². The molecule has 0 bridgehead atoms. The fourth-order valence-electron chi connectivity index (χ4n) is 2.07. The Morgan fingerprint density at radius 3 is 2.45 bits per heavy atom. The number of hydrogen-bond donors (Lipinski definition) is 1. The van der Waals surface area contributed by atoms with Crippen LogP contribution in [0.25, 0.3) is 0 Å². The smallest absolute Gasteiger partial charge is 0.118 e. The van der Waals surface area contributed by atoms with Gasteiger partial charge in [0.25, 0.3) is 0 Å². The number of phenols is 1. The lowest BCUT2D eigenvalue weighted by Gasteiger charge is -2.18. The maximum absolute atomic E-state index is 9.51. The number of rotatable bonds is 5. The lowest BCUT2D eigenvalue weighted by atomic mass is 10.1. The van der Waals surface area contributed by atoms with E-state index in [4.69, 9.17) is 16.3 Å². The van der Waals surface area contributed by atoms with Gasteiger partial charge >= 0.3 is 0 Å². The fraction of sp³-hybridized carbons (Fsp3) is 0.250. The molecule has 0 atom stereocenters. The Morgan fingerprint density at radius 2 is 1.80 bits per heavy atom. The van der Waals surface area contributed by atoms with Crippen LogP contribution < -0.4 is 4.74 Å². The minimum absolute atomic E-state index is 0.238. The van der Waals surface area contributed by atoms with Gasteiger partial charge in [0.1, 0.15) is 11.5 Å². The molecule has 2 aromatic rings. The van der Waals surface area contributed by atoms with E-state index in [0.29, 0.717) is 11.6 Å². The van der Waals surface area contributed by atoms with Crippen molar-refractivity contribution >= 4 is 11.6 Å². The first-order valence-corrected chi connectivity index (χ1v) is 6.75. The molecule has 0 unspecified atom stereocenters. The molecule has 4 heteroatoms. The summed E-state index contributed by atoms with van der Waals surface area (Å²) in [5.41, 5.74) is 2.12. The van der Waals surface area contributed by atoms with Crippen molar-refractivity contribution in [2.45, 2.75) is 13.1 Å². The second-order valence-electron chi connectivity index (χ2n) is 4.80. The van der Waals surface area contributed by atoms with Crippen molar-refractivity contribution < 1.29 is 9.84 Å². The average molecular weight is 292 g/mol. The van der Waals surface area contributed by atoms with E-state index in [1.807, 2.05) is 31.3 Å². The SMILES string of the molecule is COc1ccc(CN(C)Cc2cc(O)ccc2Cl)cc1. The largest absolute Gasteiger partial charge is 0.508 e. The highest BCUT2D eigenvalue weighted by molar-refractivity contribution is 6.31. The molecule has 106 valence electrons. The number of nitrogens with zero attached hydrogens (tertiary/aromatic N) is 1. The zero-order chi connectivity index (χ0) is 14.5. The molecule has 0 aliphatic rings. The first-order valence-electron chi connectivity index (χ1n) is 6.37. The molecule has 20 heavy (non-hydrogen) atoms. The van der Waals surface area contributed by atoms with Crippen LogP contribution in [0.5, 0.6) is 11.5 Å². The van der Waals surface area contributed by atoms with Crippen LogP contribution in [-0.4, -0.2) is 24.2 Å². The third-order valence-electron chi connectivity index (χ3n) is 3.08. The van der Waals surface area contributed by atoms with E-state index in [1.165, 1.54) is 5.56 Å². The highest BCUT2D eigenvalue weighted by Crippen LogP contribution is 2.23. The van der Waals surface area contributed by atoms with Crippen LogP contribution in [0.1, 0.15) is 11.1 Å². The Bertz CT molecular complexity index is 569. The summed E-state index contributed by atoms with van der Waals surface area (Å²) in [5.74, 6) is 1.09. The summed E-state index contributed by atoms with van der Waals surface area (Å²) in [5, 5.41) is 10.2. The molecule has 0 amide bonds. The van der Waals surface area contributed by atoms with Gasteiger partial charge in [-0.15, -0.1) is 0 Å².